The Morgan fingerprint density at radius 3 is 2.48 bits per heavy atom. The molecule has 0 spiro atoms. The van der Waals surface area contributed by atoms with E-state index in [1.165, 1.54) is 42.5 Å². The summed E-state index contributed by atoms with van der Waals surface area (Å²) in [7, 11) is 0. The number of carbonyl (C=O) groups excluding carboxylic acids is 2. The molecule has 168 valence electrons. The molecular formula is C23H16ClF2N3O4. The Balaban J connectivity index is 1.96. The van der Waals surface area contributed by atoms with E-state index in [0.717, 1.165) is 24.3 Å². The number of amides is 2. The smallest absolute Gasteiger partial charge is 0.272 e. The van der Waals surface area contributed by atoms with Crippen molar-refractivity contribution in [3.63, 3.8) is 0 Å². The fraction of sp³-hybridized carbons (Fsp3) is 0.0435. The van der Waals surface area contributed by atoms with Crippen molar-refractivity contribution < 1.29 is 23.3 Å². The van der Waals surface area contributed by atoms with Crippen molar-refractivity contribution in [3.05, 3.63) is 110 Å². The van der Waals surface area contributed by atoms with Crippen molar-refractivity contribution in [3.8, 4) is 0 Å². The number of halogens is 3. The van der Waals surface area contributed by atoms with Crippen molar-refractivity contribution in [2.45, 2.75) is 6.92 Å². The van der Waals surface area contributed by atoms with Gasteiger partial charge in [-0.3, -0.25) is 19.7 Å². The van der Waals surface area contributed by atoms with Crippen LogP contribution in [0.15, 0.2) is 66.4 Å². The molecule has 0 aromatic heterocycles. The van der Waals surface area contributed by atoms with E-state index in [0.29, 0.717) is 5.56 Å². The van der Waals surface area contributed by atoms with Gasteiger partial charge in [-0.15, -0.1) is 0 Å². The maximum atomic E-state index is 13.9. The van der Waals surface area contributed by atoms with E-state index in [4.69, 9.17) is 11.6 Å². The van der Waals surface area contributed by atoms with Gasteiger partial charge in [0.05, 0.1) is 15.5 Å². The second-order valence-electron chi connectivity index (χ2n) is 6.91. The molecule has 0 aliphatic carbocycles. The fourth-order valence-corrected chi connectivity index (χ4v) is 3.04. The van der Waals surface area contributed by atoms with Crippen LogP contribution in [0.3, 0.4) is 0 Å². The minimum absolute atomic E-state index is 0.0998. The standard InChI is InChI=1S/C23H16ClF2N3O4/c1-13-5-7-16(12-20(13)26)27-23(31)21(10-14-3-2-4-17(9-14)29(32)33)28-22(30)18-8-6-15(25)11-19(18)24/h2-12H,1H3,(H,27,31)(H,28,30)/b21-10-. The summed E-state index contributed by atoms with van der Waals surface area (Å²) in [5.41, 5.74) is 0.118. The Morgan fingerprint density at radius 2 is 1.82 bits per heavy atom. The number of nitro groups is 1. The van der Waals surface area contributed by atoms with Gasteiger partial charge in [0.25, 0.3) is 17.5 Å². The lowest BCUT2D eigenvalue weighted by Gasteiger charge is -2.12. The number of nitrogens with one attached hydrogen (secondary N) is 2. The van der Waals surface area contributed by atoms with Crippen LogP contribution in [0.4, 0.5) is 20.2 Å². The second kappa shape index (κ2) is 10.0. The third-order valence-electron chi connectivity index (χ3n) is 4.49. The van der Waals surface area contributed by atoms with Gasteiger partial charge in [0.2, 0.25) is 0 Å². The topological polar surface area (TPSA) is 101 Å². The number of hydrogen-bond acceptors (Lipinski definition) is 4. The van der Waals surface area contributed by atoms with Gasteiger partial charge in [-0.2, -0.15) is 0 Å². The molecule has 33 heavy (non-hydrogen) atoms. The monoisotopic (exact) mass is 471 g/mol. The molecule has 10 heteroatoms. The first-order valence-corrected chi connectivity index (χ1v) is 9.82. The van der Waals surface area contributed by atoms with Gasteiger partial charge in [-0.05, 0) is 54.5 Å². The lowest BCUT2D eigenvalue weighted by Crippen LogP contribution is -2.31. The Kier molecular flexibility index (Phi) is 7.14. The molecule has 0 radical (unpaired) electrons. The van der Waals surface area contributed by atoms with Crippen LogP contribution in [0, 0.1) is 28.7 Å². The molecule has 3 rings (SSSR count). The summed E-state index contributed by atoms with van der Waals surface area (Å²) in [5, 5.41) is 15.7. The Bertz CT molecular complexity index is 1290. The summed E-state index contributed by atoms with van der Waals surface area (Å²) >= 11 is 5.93. The number of hydrogen-bond donors (Lipinski definition) is 2. The van der Waals surface area contributed by atoms with Crippen LogP contribution in [-0.4, -0.2) is 16.7 Å². The molecule has 0 heterocycles. The van der Waals surface area contributed by atoms with Gasteiger partial charge in [-0.25, -0.2) is 8.78 Å². The van der Waals surface area contributed by atoms with Crippen molar-refractivity contribution >= 4 is 40.9 Å². The fourth-order valence-electron chi connectivity index (χ4n) is 2.79. The lowest BCUT2D eigenvalue weighted by atomic mass is 10.1. The summed E-state index contributed by atoms with van der Waals surface area (Å²) in [6, 6.07) is 12.5. The number of aryl methyl sites for hydroxylation is 1. The van der Waals surface area contributed by atoms with Crippen LogP contribution in [-0.2, 0) is 4.79 Å². The predicted octanol–water partition coefficient (Wildman–Crippen LogP) is 5.24. The molecule has 0 aliphatic heterocycles. The number of benzene rings is 3. The zero-order valence-electron chi connectivity index (χ0n) is 17.1. The highest BCUT2D eigenvalue weighted by Crippen LogP contribution is 2.20. The number of non-ortho nitro benzene ring substituents is 1. The molecule has 0 bridgehead atoms. The average Bonchev–Trinajstić information content (AvgIpc) is 2.76. The molecule has 2 amide bonds. The largest absolute Gasteiger partial charge is 0.321 e. The molecular weight excluding hydrogens is 456 g/mol. The first-order valence-electron chi connectivity index (χ1n) is 9.44. The van der Waals surface area contributed by atoms with Gasteiger partial charge >= 0.3 is 0 Å². The SMILES string of the molecule is Cc1ccc(NC(=O)/C(=C/c2cccc([N+](=O)[O-])c2)NC(=O)c2ccc(F)cc2Cl)cc1F. The summed E-state index contributed by atoms with van der Waals surface area (Å²) in [4.78, 5) is 36.0. The summed E-state index contributed by atoms with van der Waals surface area (Å²) in [6.45, 7) is 1.56. The molecule has 2 N–H and O–H groups in total. The van der Waals surface area contributed by atoms with Gasteiger partial charge < -0.3 is 10.6 Å². The summed E-state index contributed by atoms with van der Waals surface area (Å²) in [6.07, 6.45) is 1.21. The molecule has 0 saturated heterocycles. The number of nitrogens with zero attached hydrogens (tertiary/aromatic N) is 1. The maximum Gasteiger partial charge on any atom is 0.272 e. The second-order valence-corrected chi connectivity index (χ2v) is 7.31. The van der Waals surface area contributed by atoms with E-state index in [1.807, 2.05) is 0 Å². The highest BCUT2D eigenvalue weighted by Gasteiger charge is 2.18. The van der Waals surface area contributed by atoms with Crippen LogP contribution >= 0.6 is 11.6 Å². The maximum absolute atomic E-state index is 13.9. The molecule has 7 nitrogen and oxygen atoms in total. The van der Waals surface area contributed by atoms with Crippen LogP contribution in [0.25, 0.3) is 6.08 Å². The van der Waals surface area contributed by atoms with Crippen molar-refractivity contribution in [1.82, 2.24) is 5.32 Å². The first kappa shape index (κ1) is 23.6. The molecule has 3 aromatic carbocycles. The molecule has 0 saturated carbocycles. The van der Waals surface area contributed by atoms with Gasteiger partial charge in [-0.1, -0.05) is 29.8 Å². The van der Waals surface area contributed by atoms with E-state index in [9.17, 15) is 28.5 Å². The Hall–Kier alpha value is -4.11. The highest BCUT2D eigenvalue weighted by molar-refractivity contribution is 6.34. The van der Waals surface area contributed by atoms with Gasteiger partial charge in [0.1, 0.15) is 17.3 Å². The normalized spacial score (nSPS) is 11.1. The zero-order valence-corrected chi connectivity index (χ0v) is 17.8. The third-order valence-corrected chi connectivity index (χ3v) is 4.80. The quantitative estimate of drug-likeness (QED) is 0.291. The van der Waals surface area contributed by atoms with E-state index in [1.54, 1.807) is 6.92 Å². The summed E-state index contributed by atoms with van der Waals surface area (Å²) in [5.74, 6) is -2.83. The average molecular weight is 472 g/mol. The zero-order chi connectivity index (χ0) is 24.1. The van der Waals surface area contributed by atoms with Crippen LogP contribution in [0.2, 0.25) is 5.02 Å². The predicted molar refractivity (Wildman–Crippen MR) is 120 cm³/mol. The van der Waals surface area contributed by atoms with Crippen molar-refractivity contribution in [2.75, 3.05) is 5.32 Å². The van der Waals surface area contributed by atoms with E-state index < -0.39 is 28.4 Å². The van der Waals surface area contributed by atoms with E-state index in [2.05, 4.69) is 10.6 Å². The van der Waals surface area contributed by atoms with E-state index >= 15 is 0 Å². The molecule has 0 fully saturated rings. The van der Waals surface area contributed by atoms with Crippen molar-refractivity contribution in [2.24, 2.45) is 0 Å². The summed E-state index contributed by atoms with van der Waals surface area (Å²) < 4.78 is 27.2. The minimum atomic E-state index is -0.823. The third kappa shape index (κ3) is 5.98. The lowest BCUT2D eigenvalue weighted by molar-refractivity contribution is -0.384. The van der Waals surface area contributed by atoms with Crippen LogP contribution in [0.5, 0.6) is 0 Å². The van der Waals surface area contributed by atoms with Gasteiger partial charge in [0, 0.05) is 17.8 Å². The number of rotatable bonds is 6. The Morgan fingerprint density at radius 1 is 1.06 bits per heavy atom. The van der Waals surface area contributed by atoms with E-state index in [-0.39, 0.29) is 33.2 Å². The Labute approximate surface area is 191 Å². The molecule has 0 aliphatic rings. The van der Waals surface area contributed by atoms with Gasteiger partial charge in [0.15, 0.2) is 0 Å². The van der Waals surface area contributed by atoms with Crippen molar-refractivity contribution in [1.29, 1.82) is 0 Å². The minimum Gasteiger partial charge on any atom is -0.321 e. The first-order chi connectivity index (χ1) is 15.6. The van der Waals surface area contributed by atoms with Crippen LogP contribution in [0.1, 0.15) is 21.5 Å². The molecule has 0 unspecified atom stereocenters. The number of carbonyl (C=O) groups is 2. The highest BCUT2D eigenvalue weighted by atomic mass is 35.5. The number of nitro benzene ring substituents is 1. The van der Waals surface area contributed by atoms with Crippen LogP contribution < -0.4 is 10.6 Å². The molecule has 3 aromatic rings. The molecule has 0 atom stereocenters. The number of anilines is 1.